The average molecular weight is 273 g/mol. The second-order valence-corrected chi connectivity index (χ2v) is 5.05. The van der Waals surface area contributed by atoms with Gasteiger partial charge in [-0.05, 0) is 24.7 Å². The van der Waals surface area contributed by atoms with Crippen molar-refractivity contribution in [3.05, 3.63) is 34.6 Å². The molecule has 0 aromatic heterocycles. The van der Waals surface area contributed by atoms with E-state index in [1.807, 2.05) is 13.1 Å². The van der Waals surface area contributed by atoms with Crippen LogP contribution in [0.15, 0.2) is 18.2 Å². The Morgan fingerprint density at radius 1 is 1.56 bits per heavy atom. The van der Waals surface area contributed by atoms with E-state index in [1.165, 1.54) is 6.07 Å². The molecule has 0 amide bonds. The van der Waals surface area contributed by atoms with Crippen molar-refractivity contribution in [3.63, 3.8) is 0 Å². The number of likely N-dealkylation sites (N-methyl/N-ethyl adjacent to an activating group) is 1. The molecule has 0 bridgehead atoms. The zero-order valence-electron chi connectivity index (χ0n) is 10.5. The molecular formula is C13H18ClFN2O. The van der Waals surface area contributed by atoms with E-state index in [4.69, 9.17) is 16.3 Å². The lowest BCUT2D eigenvalue weighted by Crippen LogP contribution is -2.44. The van der Waals surface area contributed by atoms with Gasteiger partial charge in [-0.1, -0.05) is 17.7 Å². The summed E-state index contributed by atoms with van der Waals surface area (Å²) in [7, 11) is 2.00. The number of nitrogens with zero attached hydrogens (tertiary/aromatic N) is 1. The molecule has 1 N–H and O–H groups in total. The van der Waals surface area contributed by atoms with Gasteiger partial charge >= 0.3 is 0 Å². The molecule has 1 fully saturated rings. The predicted molar refractivity (Wildman–Crippen MR) is 70.4 cm³/mol. The topological polar surface area (TPSA) is 24.5 Å². The molecular weight excluding hydrogens is 255 g/mol. The van der Waals surface area contributed by atoms with Crippen molar-refractivity contribution >= 4 is 11.6 Å². The molecule has 3 nitrogen and oxygen atoms in total. The summed E-state index contributed by atoms with van der Waals surface area (Å²) in [6.45, 7) is 4.07. The number of rotatable bonds is 4. The van der Waals surface area contributed by atoms with Gasteiger partial charge in [-0.2, -0.15) is 0 Å². The van der Waals surface area contributed by atoms with E-state index < -0.39 is 0 Å². The maximum atomic E-state index is 13.3. The van der Waals surface area contributed by atoms with E-state index in [1.54, 1.807) is 6.07 Å². The highest BCUT2D eigenvalue weighted by molar-refractivity contribution is 6.30. The summed E-state index contributed by atoms with van der Waals surface area (Å²) in [6, 6.07) is 4.93. The van der Waals surface area contributed by atoms with Crippen LogP contribution in [0.4, 0.5) is 4.39 Å². The zero-order valence-corrected chi connectivity index (χ0v) is 11.2. The molecule has 2 rings (SSSR count). The highest BCUT2D eigenvalue weighted by Gasteiger charge is 2.15. The minimum absolute atomic E-state index is 0.168. The van der Waals surface area contributed by atoms with Gasteiger partial charge in [0.25, 0.3) is 0 Å². The summed E-state index contributed by atoms with van der Waals surface area (Å²) >= 11 is 5.66. The van der Waals surface area contributed by atoms with E-state index in [9.17, 15) is 4.39 Å². The van der Waals surface area contributed by atoms with Gasteiger partial charge < -0.3 is 10.1 Å². The first kappa shape index (κ1) is 13.7. The quantitative estimate of drug-likeness (QED) is 0.906. The number of nitrogens with one attached hydrogen (secondary N) is 1. The summed E-state index contributed by atoms with van der Waals surface area (Å²) < 4.78 is 18.9. The van der Waals surface area contributed by atoms with Crippen molar-refractivity contribution in [3.8, 4) is 0 Å². The van der Waals surface area contributed by atoms with Gasteiger partial charge in [0.15, 0.2) is 0 Å². The van der Waals surface area contributed by atoms with Crippen molar-refractivity contribution in [2.45, 2.75) is 12.6 Å². The fourth-order valence-electron chi connectivity index (χ4n) is 2.10. The third-order valence-electron chi connectivity index (χ3n) is 2.96. The van der Waals surface area contributed by atoms with Gasteiger partial charge in [0, 0.05) is 26.2 Å². The molecule has 0 radical (unpaired) electrons. The lowest BCUT2D eigenvalue weighted by molar-refractivity contribution is 0.00884. The second kappa shape index (κ2) is 6.48. The number of benzene rings is 1. The zero-order chi connectivity index (χ0) is 13.0. The molecule has 1 aliphatic heterocycles. The van der Waals surface area contributed by atoms with Crippen LogP contribution in [0.2, 0.25) is 5.02 Å². The molecule has 100 valence electrons. The van der Waals surface area contributed by atoms with Gasteiger partial charge in [0.2, 0.25) is 0 Å². The Balaban J connectivity index is 1.85. The predicted octanol–water partition coefficient (Wildman–Crippen LogP) is 1.90. The van der Waals surface area contributed by atoms with Gasteiger partial charge in [-0.15, -0.1) is 0 Å². The molecule has 1 aliphatic rings. The second-order valence-electron chi connectivity index (χ2n) is 4.64. The lowest BCUT2D eigenvalue weighted by Gasteiger charge is -2.28. The van der Waals surface area contributed by atoms with Crippen LogP contribution in [0.5, 0.6) is 0 Å². The first-order chi connectivity index (χ1) is 8.65. The summed E-state index contributed by atoms with van der Waals surface area (Å²) in [6.07, 6.45) is 0.209. The molecule has 1 heterocycles. The molecule has 1 saturated heterocycles. The molecule has 18 heavy (non-hydrogen) atoms. The van der Waals surface area contributed by atoms with Crippen LogP contribution >= 0.6 is 11.6 Å². The van der Waals surface area contributed by atoms with E-state index in [0.29, 0.717) is 6.54 Å². The fourth-order valence-corrected chi connectivity index (χ4v) is 2.22. The SMILES string of the molecule is CN(Cc1ccc(Cl)c(F)c1)CC1CNCCO1. The van der Waals surface area contributed by atoms with Crippen LogP contribution in [0, 0.1) is 5.82 Å². The normalized spacial score (nSPS) is 20.3. The fraction of sp³-hybridized carbons (Fsp3) is 0.538. The molecule has 5 heteroatoms. The Labute approximate surface area is 112 Å². The molecule has 1 atom stereocenters. The standard InChI is InChI=1S/C13H18ClFN2O/c1-17(9-11-7-16-4-5-18-11)8-10-2-3-12(14)13(15)6-10/h2-3,6,11,16H,4-5,7-9H2,1H3. The van der Waals surface area contributed by atoms with Gasteiger partial charge in [-0.25, -0.2) is 4.39 Å². The third-order valence-corrected chi connectivity index (χ3v) is 3.26. The number of morpholine rings is 1. The van der Waals surface area contributed by atoms with Crippen LogP contribution in [0.25, 0.3) is 0 Å². The van der Waals surface area contributed by atoms with Crippen molar-refractivity contribution in [2.75, 3.05) is 33.3 Å². The molecule has 0 aliphatic carbocycles. The molecule has 1 aromatic carbocycles. The van der Waals surface area contributed by atoms with E-state index >= 15 is 0 Å². The Hall–Kier alpha value is -0.680. The highest BCUT2D eigenvalue weighted by Crippen LogP contribution is 2.16. The smallest absolute Gasteiger partial charge is 0.142 e. The number of hydrogen-bond acceptors (Lipinski definition) is 3. The number of ether oxygens (including phenoxy) is 1. The largest absolute Gasteiger partial charge is 0.374 e. The summed E-state index contributed by atoms with van der Waals surface area (Å²) in [5.74, 6) is -0.363. The maximum absolute atomic E-state index is 13.3. The van der Waals surface area contributed by atoms with Crippen molar-refractivity contribution in [1.82, 2.24) is 10.2 Å². The van der Waals surface area contributed by atoms with Crippen LogP contribution in [0.3, 0.4) is 0 Å². The van der Waals surface area contributed by atoms with Crippen LogP contribution in [-0.4, -0.2) is 44.3 Å². The minimum Gasteiger partial charge on any atom is -0.374 e. The number of halogens is 2. The van der Waals surface area contributed by atoms with E-state index in [0.717, 1.165) is 31.8 Å². The Kier molecular flexibility index (Phi) is 4.95. The molecule has 0 saturated carbocycles. The van der Waals surface area contributed by atoms with Crippen LogP contribution in [0.1, 0.15) is 5.56 Å². The van der Waals surface area contributed by atoms with Crippen molar-refractivity contribution in [1.29, 1.82) is 0 Å². The van der Waals surface area contributed by atoms with Gasteiger partial charge in [0.1, 0.15) is 5.82 Å². The van der Waals surface area contributed by atoms with Crippen molar-refractivity contribution < 1.29 is 9.13 Å². The molecule has 1 aromatic rings. The first-order valence-electron chi connectivity index (χ1n) is 6.10. The maximum Gasteiger partial charge on any atom is 0.142 e. The monoisotopic (exact) mass is 272 g/mol. The molecule has 0 spiro atoms. The van der Waals surface area contributed by atoms with Gasteiger partial charge in [-0.3, -0.25) is 4.90 Å². The van der Waals surface area contributed by atoms with Gasteiger partial charge in [0.05, 0.1) is 17.7 Å². The van der Waals surface area contributed by atoms with Crippen molar-refractivity contribution in [2.24, 2.45) is 0 Å². The highest BCUT2D eigenvalue weighted by atomic mass is 35.5. The summed E-state index contributed by atoms with van der Waals surface area (Å²) in [5.41, 5.74) is 0.920. The Morgan fingerprint density at radius 2 is 2.39 bits per heavy atom. The summed E-state index contributed by atoms with van der Waals surface area (Å²) in [5, 5.41) is 3.46. The van der Waals surface area contributed by atoms with E-state index in [2.05, 4.69) is 10.2 Å². The minimum atomic E-state index is -0.363. The first-order valence-corrected chi connectivity index (χ1v) is 6.48. The lowest BCUT2D eigenvalue weighted by atomic mass is 10.2. The third kappa shape index (κ3) is 3.92. The van der Waals surface area contributed by atoms with Crippen LogP contribution < -0.4 is 5.32 Å². The summed E-state index contributed by atoms with van der Waals surface area (Å²) in [4.78, 5) is 2.13. The van der Waals surface area contributed by atoms with E-state index in [-0.39, 0.29) is 16.9 Å². The van der Waals surface area contributed by atoms with Crippen LogP contribution in [-0.2, 0) is 11.3 Å². The average Bonchev–Trinajstić information content (AvgIpc) is 2.35. The Bertz CT molecular complexity index is 397. The number of hydrogen-bond donors (Lipinski definition) is 1. The Morgan fingerprint density at radius 3 is 3.06 bits per heavy atom. The molecule has 1 unspecified atom stereocenters.